The first-order chi connectivity index (χ1) is 13.5. The minimum Gasteiger partial charge on any atom is -0.339 e. The normalized spacial score (nSPS) is 15.0. The van der Waals surface area contributed by atoms with E-state index in [0.29, 0.717) is 32.0 Å². The molecule has 3 aromatic rings. The Bertz CT molecular complexity index is 1040. The van der Waals surface area contributed by atoms with Crippen molar-refractivity contribution in [3.63, 3.8) is 0 Å². The molecule has 4 rings (SSSR count). The summed E-state index contributed by atoms with van der Waals surface area (Å²) in [5, 5.41) is 0. The summed E-state index contributed by atoms with van der Waals surface area (Å²) in [6, 6.07) is 10.4. The molecule has 1 fully saturated rings. The third-order valence-corrected chi connectivity index (χ3v) is 5.00. The molecule has 0 atom stereocenters. The summed E-state index contributed by atoms with van der Waals surface area (Å²) in [6.45, 7) is 0.664. The maximum Gasteiger partial charge on any atom is 0.256 e. The van der Waals surface area contributed by atoms with E-state index in [-0.39, 0.29) is 17.4 Å². The molecule has 2 amide bonds. The van der Waals surface area contributed by atoms with E-state index in [0.717, 1.165) is 23.2 Å². The lowest BCUT2D eigenvalue weighted by Gasteiger charge is -2.31. The van der Waals surface area contributed by atoms with Gasteiger partial charge in [0.2, 0.25) is 5.91 Å². The van der Waals surface area contributed by atoms with E-state index >= 15 is 0 Å². The van der Waals surface area contributed by atoms with Crippen LogP contribution in [0.25, 0.3) is 11.0 Å². The van der Waals surface area contributed by atoms with Gasteiger partial charge in [-0.2, -0.15) is 0 Å². The average molecular weight is 384 g/mol. The number of imidazole rings is 1. The van der Waals surface area contributed by atoms with Crippen LogP contribution >= 0.6 is 0 Å². The fourth-order valence-electron chi connectivity index (χ4n) is 3.44. The number of hydrogen-bond acceptors (Lipinski definition) is 3. The zero-order valence-corrected chi connectivity index (χ0v) is 14.9. The van der Waals surface area contributed by atoms with E-state index in [1.54, 1.807) is 11.0 Å². The molecule has 0 radical (unpaired) electrons. The number of para-hydroxylation sites is 2. The van der Waals surface area contributed by atoms with Gasteiger partial charge in [-0.15, -0.1) is 0 Å². The van der Waals surface area contributed by atoms with E-state index in [1.807, 2.05) is 24.3 Å². The number of amides is 2. The van der Waals surface area contributed by atoms with Gasteiger partial charge in [-0.3, -0.25) is 15.0 Å². The molecule has 1 saturated heterocycles. The van der Waals surface area contributed by atoms with Gasteiger partial charge in [0, 0.05) is 25.1 Å². The number of nitrogens with one attached hydrogen (secondary N) is 1. The van der Waals surface area contributed by atoms with Gasteiger partial charge < -0.3 is 4.90 Å². The fourth-order valence-corrected chi connectivity index (χ4v) is 3.44. The second-order valence-electron chi connectivity index (χ2n) is 6.77. The highest BCUT2D eigenvalue weighted by molar-refractivity contribution is 5.95. The van der Waals surface area contributed by atoms with Crippen molar-refractivity contribution < 1.29 is 18.4 Å². The van der Waals surface area contributed by atoms with E-state index in [9.17, 15) is 18.4 Å². The van der Waals surface area contributed by atoms with Crippen molar-refractivity contribution in [3.8, 4) is 0 Å². The first kappa shape index (κ1) is 18.1. The van der Waals surface area contributed by atoms with Gasteiger partial charge in [0.1, 0.15) is 18.0 Å². The predicted octanol–water partition coefficient (Wildman–Crippen LogP) is 2.94. The van der Waals surface area contributed by atoms with E-state index in [4.69, 9.17) is 0 Å². The Kier molecular flexibility index (Phi) is 4.77. The highest BCUT2D eigenvalue weighted by Crippen LogP contribution is 2.21. The maximum absolute atomic E-state index is 13.8. The molecule has 0 unspecified atom stereocenters. The quantitative estimate of drug-likeness (QED) is 0.755. The third kappa shape index (κ3) is 3.45. The summed E-state index contributed by atoms with van der Waals surface area (Å²) in [5.41, 5.74) is 4.26. The van der Waals surface area contributed by atoms with Crippen LogP contribution in [-0.2, 0) is 4.79 Å². The molecular weight excluding hydrogens is 366 g/mol. The molecule has 1 aromatic heterocycles. The highest BCUT2D eigenvalue weighted by Gasteiger charge is 2.29. The predicted molar refractivity (Wildman–Crippen MR) is 99.1 cm³/mol. The van der Waals surface area contributed by atoms with Gasteiger partial charge >= 0.3 is 0 Å². The number of carbonyl (C=O) groups is 2. The van der Waals surface area contributed by atoms with Crippen LogP contribution < -0.4 is 5.43 Å². The third-order valence-electron chi connectivity index (χ3n) is 5.00. The number of rotatable bonds is 3. The number of likely N-dealkylation sites (tertiary alicyclic amines) is 1. The zero-order valence-electron chi connectivity index (χ0n) is 14.9. The first-order valence-electron chi connectivity index (χ1n) is 9.00. The summed E-state index contributed by atoms with van der Waals surface area (Å²) < 4.78 is 28.5. The van der Waals surface area contributed by atoms with Gasteiger partial charge in [0.05, 0.1) is 16.6 Å². The van der Waals surface area contributed by atoms with Crippen LogP contribution in [0.1, 0.15) is 23.2 Å². The van der Waals surface area contributed by atoms with Crippen LogP contribution in [-0.4, -0.2) is 39.5 Å². The summed E-state index contributed by atoms with van der Waals surface area (Å²) in [5.74, 6) is -2.50. The number of benzene rings is 2. The lowest BCUT2D eigenvalue weighted by atomic mass is 9.95. The Labute approximate surface area is 159 Å². The Morgan fingerprint density at radius 3 is 2.57 bits per heavy atom. The summed E-state index contributed by atoms with van der Waals surface area (Å²) in [7, 11) is 0. The van der Waals surface area contributed by atoms with Crippen molar-refractivity contribution in [2.45, 2.75) is 12.8 Å². The van der Waals surface area contributed by atoms with Crippen LogP contribution in [0.4, 0.5) is 8.78 Å². The molecule has 8 heteroatoms. The van der Waals surface area contributed by atoms with Crippen LogP contribution in [0.15, 0.2) is 48.8 Å². The maximum atomic E-state index is 13.8. The van der Waals surface area contributed by atoms with Gasteiger partial charge in [0.25, 0.3) is 5.91 Å². The van der Waals surface area contributed by atoms with Crippen molar-refractivity contribution in [2.24, 2.45) is 5.92 Å². The largest absolute Gasteiger partial charge is 0.339 e. The number of hydrogen-bond donors (Lipinski definition) is 1. The van der Waals surface area contributed by atoms with Gasteiger partial charge in [-0.25, -0.2) is 18.4 Å². The van der Waals surface area contributed by atoms with E-state index in [2.05, 4.69) is 10.4 Å². The molecule has 28 heavy (non-hydrogen) atoms. The summed E-state index contributed by atoms with van der Waals surface area (Å²) in [4.78, 5) is 30.8. The van der Waals surface area contributed by atoms with Crippen molar-refractivity contribution in [1.29, 1.82) is 0 Å². The lowest BCUT2D eigenvalue weighted by Crippen LogP contribution is -2.42. The fraction of sp³-hybridized carbons (Fsp3) is 0.250. The molecule has 1 aliphatic heterocycles. The van der Waals surface area contributed by atoms with Crippen LogP contribution in [0, 0.1) is 17.6 Å². The number of aromatic nitrogens is 2. The minimum absolute atomic E-state index is 0.150. The van der Waals surface area contributed by atoms with Crippen molar-refractivity contribution in [2.75, 3.05) is 18.5 Å². The van der Waals surface area contributed by atoms with Gasteiger partial charge in [-0.05, 0) is 37.1 Å². The smallest absolute Gasteiger partial charge is 0.256 e. The standard InChI is InChI=1S/C20H18F2N4O2/c21-14-5-6-15(16(22)11-14)20(28)25-9-7-13(8-10-25)19(27)24-26-12-23-17-3-1-2-4-18(17)26/h1-6,11-13H,7-10H2,(H,24,27). The summed E-state index contributed by atoms with van der Waals surface area (Å²) >= 11 is 0. The molecule has 6 nitrogen and oxygen atoms in total. The topological polar surface area (TPSA) is 67.2 Å². The molecule has 0 aliphatic carbocycles. The van der Waals surface area contributed by atoms with Crippen LogP contribution in [0.5, 0.6) is 0 Å². The Hall–Kier alpha value is -3.29. The van der Waals surface area contributed by atoms with E-state index < -0.39 is 17.5 Å². The molecule has 0 saturated carbocycles. The SMILES string of the molecule is O=C(Nn1cnc2ccccc21)C1CCN(C(=O)c2ccc(F)cc2F)CC1. The molecule has 1 aliphatic rings. The van der Waals surface area contributed by atoms with E-state index in [1.165, 1.54) is 4.90 Å². The molecule has 144 valence electrons. The minimum atomic E-state index is -0.878. The second kappa shape index (κ2) is 7.38. The molecule has 0 bridgehead atoms. The molecule has 1 N–H and O–H groups in total. The van der Waals surface area contributed by atoms with Crippen LogP contribution in [0.2, 0.25) is 0 Å². The summed E-state index contributed by atoms with van der Waals surface area (Å²) in [6.07, 6.45) is 2.48. The first-order valence-corrected chi connectivity index (χ1v) is 9.00. The Morgan fingerprint density at radius 2 is 1.82 bits per heavy atom. The zero-order chi connectivity index (χ0) is 19.7. The van der Waals surface area contributed by atoms with Crippen molar-refractivity contribution in [1.82, 2.24) is 14.6 Å². The Balaban J connectivity index is 1.38. The van der Waals surface area contributed by atoms with Crippen LogP contribution in [0.3, 0.4) is 0 Å². The molecule has 2 aromatic carbocycles. The highest BCUT2D eigenvalue weighted by atomic mass is 19.1. The van der Waals surface area contributed by atoms with Gasteiger partial charge in [0.15, 0.2) is 0 Å². The number of carbonyl (C=O) groups excluding carboxylic acids is 2. The number of fused-ring (bicyclic) bond motifs is 1. The number of piperidine rings is 1. The molecule has 2 heterocycles. The average Bonchev–Trinajstić information content (AvgIpc) is 3.10. The number of halogens is 2. The molecule has 0 spiro atoms. The Morgan fingerprint density at radius 1 is 1.07 bits per heavy atom. The number of nitrogens with zero attached hydrogens (tertiary/aromatic N) is 3. The molecular formula is C20H18F2N4O2. The second-order valence-corrected chi connectivity index (χ2v) is 6.77. The monoisotopic (exact) mass is 384 g/mol. The van der Waals surface area contributed by atoms with Crippen molar-refractivity contribution in [3.05, 3.63) is 66.0 Å². The van der Waals surface area contributed by atoms with Crippen molar-refractivity contribution >= 4 is 22.8 Å². The van der Waals surface area contributed by atoms with Gasteiger partial charge in [-0.1, -0.05) is 12.1 Å². The lowest BCUT2D eigenvalue weighted by molar-refractivity contribution is -0.122.